The number of anilines is 1. The molecule has 0 amide bonds. The molecule has 0 aliphatic rings. The van der Waals surface area contributed by atoms with Crippen LogP contribution in [0.3, 0.4) is 0 Å². The van der Waals surface area contributed by atoms with Crippen molar-refractivity contribution in [3.63, 3.8) is 0 Å². The molecule has 21 heavy (non-hydrogen) atoms. The van der Waals surface area contributed by atoms with Crippen LogP contribution in [-0.2, 0) is 6.42 Å². The van der Waals surface area contributed by atoms with Crippen molar-refractivity contribution >= 4 is 5.82 Å². The van der Waals surface area contributed by atoms with E-state index in [1.807, 2.05) is 36.5 Å². The number of para-hydroxylation sites is 1. The van der Waals surface area contributed by atoms with E-state index in [9.17, 15) is 0 Å². The van der Waals surface area contributed by atoms with Crippen LogP contribution < -0.4 is 11.6 Å². The van der Waals surface area contributed by atoms with Crippen molar-refractivity contribution in [2.45, 2.75) is 19.8 Å². The van der Waals surface area contributed by atoms with Gasteiger partial charge in [-0.2, -0.15) is 5.10 Å². The lowest BCUT2D eigenvalue weighted by Gasteiger charge is -2.00. The number of hydrogen-bond donors (Lipinski definition) is 2. The first-order valence-electron chi connectivity index (χ1n) is 6.93. The Kier molecular flexibility index (Phi) is 3.35. The van der Waals surface area contributed by atoms with Crippen molar-refractivity contribution < 1.29 is 0 Å². The highest BCUT2D eigenvalue weighted by atomic mass is 15.4. The van der Waals surface area contributed by atoms with Crippen molar-refractivity contribution in [2.75, 3.05) is 11.6 Å². The summed E-state index contributed by atoms with van der Waals surface area (Å²) in [4.78, 5) is 4.54. The summed E-state index contributed by atoms with van der Waals surface area (Å²) in [5, 5.41) is 4.36. The molecule has 2 aromatic heterocycles. The Bertz CT molecular complexity index is 741. The van der Waals surface area contributed by atoms with Gasteiger partial charge < -0.3 is 11.6 Å². The Balaban J connectivity index is 1.99. The van der Waals surface area contributed by atoms with E-state index in [4.69, 9.17) is 11.6 Å². The van der Waals surface area contributed by atoms with E-state index in [2.05, 4.69) is 17.0 Å². The number of rotatable bonds is 4. The third-order valence-corrected chi connectivity index (χ3v) is 3.37. The Hall–Kier alpha value is -2.76. The topological polar surface area (TPSA) is 87.7 Å². The summed E-state index contributed by atoms with van der Waals surface area (Å²) < 4.78 is 3.25. The van der Waals surface area contributed by atoms with Gasteiger partial charge in [0.1, 0.15) is 11.5 Å². The van der Waals surface area contributed by atoms with E-state index >= 15 is 0 Å². The number of nitrogen functional groups attached to an aromatic ring is 2. The van der Waals surface area contributed by atoms with Crippen LogP contribution in [0, 0.1) is 0 Å². The fourth-order valence-corrected chi connectivity index (χ4v) is 2.27. The Morgan fingerprint density at radius 2 is 1.95 bits per heavy atom. The van der Waals surface area contributed by atoms with Crippen molar-refractivity contribution in [3.05, 3.63) is 48.5 Å². The fraction of sp³-hybridized carbons (Fsp3) is 0.200. The van der Waals surface area contributed by atoms with E-state index < -0.39 is 0 Å². The zero-order chi connectivity index (χ0) is 14.8. The summed E-state index contributed by atoms with van der Waals surface area (Å²) in [6, 6.07) is 9.89. The molecule has 3 aromatic rings. The van der Waals surface area contributed by atoms with Gasteiger partial charge in [0.2, 0.25) is 0 Å². The van der Waals surface area contributed by atoms with Gasteiger partial charge in [-0.3, -0.25) is 0 Å². The molecule has 6 nitrogen and oxygen atoms in total. The summed E-state index contributed by atoms with van der Waals surface area (Å²) in [7, 11) is 0. The molecule has 0 saturated heterocycles. The van der Waals surface area contributed by atoms with E-state index in [1.54, 1.807) is 10.9 Å². The maximum atomic E-state index is 6.05. The van der Waals surface area contributed by atoms with E-state index in [0.29, 0.717) is 11.5 Å². The molecule has 4 N–H and O–H groups in total. The Morgan fingerprint density at radius 1 is 1.19 bits per heavy atom. The molecule has 6 heteroatoms. The molecule has 0 aliphatic heterocycles. The molecule has 1 aromatic carbocycles. The van der Waals surface area contributed by atoms with Crippen molar-refractivity contribution in [1.82, 2.24) is 19.4 Å². The van der Waals surface area contributed by atoms with Crippen LogP contribution in [0.1, 0.15) is 19.2 Å². The number of nitrogens with zero attached hydrogens (tertiary/aromatic N) is 4. The lowest BCUT2D eigenvalue weighted by atomic mass is 10.2. The van der Waals surface area contributed by atoms with Gasteiger partial charge in [0.25, 0.3) is 0 Å². The van der Waals surface area contributed by atoms with Gasteiger partial charge in [-0.25, -0.2) is 14.3 Å². The van der Waals surface area contributed by atoms with Gasteiger partial charge >= 0.3 is 0 Å². The lowest BCUT2D eigenvalue weighted by Crippen LogP contribution is -2.15. The predicted molar refractivity (Wildman–Crippen MR) is 83.3 cm³/mol. The van der Waals surface area contributed by atoms with Gasteiger partial charge in [0, 0.05) is 18.2 Å². The number of aryl methyl sites for hydroxylation is 1. The van der Waals surface area contributed by atoms with Gasteiger partial charge in [-0.05, 0) is 18.6 Å². The lowest BCUT2D eigenvalue weighted by molar-refractivity contribution is 0.794. The Labute approximate surface area is 123 Å². The first kappa shape index (κ1) is 13.2. The minimum absolute atomic E-state index is 0.464. The smallest absolute Gasteiger partial charge is 0.150 e. The number of hydrogen-bond acceptors (Lipinski definition) is 4. The van der Waals surface area contributed by atoms with Crippen LogP contribution in [0.4, 0.5) is 5.82 Å². The highest BCUT2D eigenvalue weighted by molar-refractivity contribution is 5.70. The molecular formula is C15H18N6. The first-order chi connectivity index (χ1) is 10.2. The zero-order valence-electron chi connectivity index (χ0n) is 11.9. The SMILES string of the molecule is CCCc1nc(-c2cnn(-c3ccccc3)c2)c(N)n1N. The second kappa shape index (κ2) is 5.32. The first-order valence-corrected chi connectivity index (χ1v) is 6.93. The summed E-state index contributed by atoms with van der Waals surface area (Å²) in [5.74, 6) is 7.20. The number of aromatic nitrogens is 4. The molecule has 0 spiro atoms. The minimum atomic E-state index is 0.464. The number of nitrogens with two attached hydrogens (primary N) is 2. The maximum Gasteiger partial charge on any atom is 0.150 e. The normalized spacial score (nSPS) is 10.9. The fourth-order valence-electron chi connectivity index (χ4n) is 2.27. The van der Waals surface area contributed by atoms with Crippen LogP contribution >= 0.6 is 0 Å². The summed E-state index contributed by atoms with van der Waals surface area (Å²) >= 11 is 0. The van der Waals surface area contributed by atoms with Gasteiger partial charge in [0.05, 0.1) is 11.9 Å². The number of imidazole rings is 1. The van der Waals surface area contributed by atoms with Crippen LogP contribution in [0.15, 0.2) is 42.7 Å². The van der Waals surface area contributed by atoms with Gasteiger partial charge in [0.15, 0.2) is 5.82 Å². The van der Waals surface area contributed by atoms with Crippen LogP contribution in [0.25, 0.3) is 16.9 Å². The standard InChI is InChI=1S/C15H18N6/c1-2-6-13-19-14(15(16)21(13)17)11-9-18-20(10-11)12-7-4-3-5-8-12/h3-5,7-10H,2,6,16-17H2,1H3. The van der Waals surface area contributed by atoms with Crippen LogP contribution in [-0.4, -0.2) is 19.4 Å². The molecular weight excluding hydrogens is 264 g/mol. The van der Waals surface area contributed by atoms with Crippen molar-refractivity contribution in [1.29, 1.82) is 0 Å². The average molecular weight is 282 g/mol. The second-order valence-corrected chi connectivity index (χ2v) is 4.89. The largest absolute Gasteiger partial charge is 0.382 e. The highest BCUT2D eigenvalue weighted by Crippen LogP contribution is 2.25. The molecule has 3 rings (SSSR count). The summed E-state index contributed by atoms with van der Waals surface area (Å²) in [6.07, 6.45) is 5.43. The second-order valence-electron chi connectivity index (χ2n) is 4.89. The molecule has 0 atom stereocenters. The molecule has 0 saturated carbocycles. The predicted octanol–water partition coefficient (Wildman–Crippen LogP) is 1.98. The van der Waals surface area contributed by atoms with E-state index in [-0.39, 0.29) is 0 Å². The molecule has 0 aliphatic carbocycles. The maximum absolute atomic E-state index is 6.05. The highest BCUT2D eigenvalue weighted by Gasteiger charge is 2.15. The summed E-state index contributed by atoms with van der Waals surface area (Å²) in [5.41, 5.74) is 8.58. The van der Waals surface area contributed by atoms with Crippen molar-refractivity contribution in [2.24, 2.45) is 0 Å². The third kappa shape index (κ3) is 2.35. The zero-order valence-corrected chi connectivity index (χ0v) is 11.9. The third-order valence-electron chi connectivity index (χ3n) is 3.37. The molecule has 0 bridgehead atoms. The molecule has 2 heterocycles. The molecule has 108 valence electrons. The van der Waals surface area contributed by atoms with Gasteiger partial charge in [-0.1, -0.05) is 25.1 Å². The quantitative estimate of drug-likeness (QED) is 0.716. The van der Waals surface area contributed by atoms with Crippen LogP contribution in [0.5, 0.6) is 0 Å². The minimum Gasteiger partial charge on any atom is -0.382 e. The monoisotopic (exact) mass is 282 g/mol. The molecule has 0 radical (unpaired) electrons. The number of benzene rings is 1. The van der Waals surface area contributed by atoms with E-state index in [0.717, 1.165) is 29.9 Å². The van der Waals surface area contributed by atoms with Crippen LogP contribution in [0.2, 0.25) is 0 Å². The van der Waals surface area contributed by atoms with Crippen molar-refractivity contribution in [3.8, 4) is 16.9 Å². The van der Waals surface area contributed by atoms with Gasteiger partial charge in [-0.15, -0.1) is 0 Å². The van der Waals surface area contributed by atoms with E-state index in [1.165, 1.54) is 4.68 Å². The molecule has 0 fully saturated rings. The molecule has 0 unspecified atom stereocenters. The Morgan fingerprint density at radius 3 is 2.67 bits per heavy atom. The summed E-state index contributed by atoms with van der Waals surface area (Å²) in [6.45, 7) is 2.08. The average Bonchev–Trinajstić information content (AvgIpc) is 3.09.